The van der Waals surface area contributed by atoms with Gasteiger partial charge in [0.15, 0.2) is 0 Å². The summed E-state index contributed by atoms with van der Waals surface area (Å²) in [7, 11) is -0.460. The van der Waals surface area contributed by atoms with Crippen molar-refractivity contribution in [1.29, 1.82) is 0 Å². The van der Waals surface area contributed by atoms with Crippen molar-refractivity contribution in [1.82, 2.24) is 9.03 Å². The Balaban J connectivity index is 2.85. The summed E-state index contributed by atoms with van der Waals surface area (Å²) in [6.45, 7) is 1.77. The average Bonchev–Trinajstić information content (AvgIpc) is 2.16. The summed E-state index contributed by atoms with van der Waals surface area (Å²) < 4.78 is 26.8. The summed E-state index contributed by atoms with van der Waals surface area (Å²) in [5.41, 5.74) is 0.831. The minimum atomic E-state index is -3.42. The van der Waals surface area contributed by atoms with Gasteiger partial charge in [0.2, 0.25) is 0 Å². The van der Waals surface area contributed by atoms with Crippen molar-refractivity contribution in [2.24, 2.45) is 0 Å². The van der Waals surface area contributed by atoms with Crippen molar-refractivity contribution in [3.8, 4) is 0 Å². The molecule has 16 heavy (non-hydrogen) atoms. The molecule has 0 aromatic heterocycles. The molecule has 0 aliphatic carbocycles. The number of nitrogens with one attached hydrogen (secondary N) is 1. The van der Waals surface area contributed by atoms with Crippen molar-refractivity contribution >= 4 is 21.8 Å². The van der Waals surface area contributed by atoms with Crippen LogP contribution in [0.3, 0.4) is 0 Å². The third-order valence-corrected chi connectivity index (χ3v) is 4.00. The van der Waals surface area contributed by atoms with Gasteiger partial charge in [-0.15, -0.1) is 0 Å². The number of halogens is 1. The Kier molecular flexibility index (Phi) is 4.32. The fourth-order valence-electron chi connectivity index (χ4n) is 1.17. The van der Waals surface area contributed by atoms with Gasteiger partial charge in [0.05, 0.1) is 0 Å². The van der Waals surface area contributed by atoms with Crippen LogP contribution >= 0.6 is 11.6 Å². The maximum absolute atomic E-state index is 11.6. The van der Waals surface area contributed by atoms with Crippen molar-refractivity contribution in [3.63, 3.8) is 0 Å². The summed E-state index contributed by atoms with van der Waals surface area (Å²) in [6.07, 6.45) is 0. The van der Waals surface area contributed by atoms with E-state index in [9.17, 15) is 8.42 Å². The molecule has 0 spiro atoms. The van der Waals surface area contributed by atoms with Crippen molar-refractivity contribution in [3.05, 3.63) is 34.9 Å². The lowest BCUT2D eigenvalue weighted by Gasteiger charge is -2.18. The Morgan fingerprint density at radius 3 is 2.50 bits per heavy atom. The molecule has 0 bridgehead atoms. The molecule has 0 radical (unpaired) electrons. The highest BCUT2D eigenvalue weighted by molar-refractivity contribution is 7.87. The minimum Gasteiger partial charge on any atom is -0.195 e. The molecule has 0 saturated heterocycles. The Bertz CT molecular complexity index is 460. The number of hydrogen-bond acceptors (Lipinski definition) is 2. The Morgan fingerprint density at radius 1 is 1.38 bits per heavy atom. The first-order valence-electron chi connectivity index (χ1n) is 4.78. The van der Waals surface area contributed by atoms with E-state index in [1.807, 2.05) is 6.07 Å². The van der Waals surface area contributed by atoms with Crippen LogP contribution in [0.15, 0.2) is 24.3 Å². The standard InChI is InChI=1S/C10H15ClN2O2S/c1-8(12-16(14,15)13(2)3)9-5-4-6-10(11)7-9/h4-8,12H,1-3H3. The summed E-state index contributed by atoms with van der Waals surface area (Å²) >= 11 is 5.84. The molecular formula is C10H15ClN2O2S. The molecule has 1 N–H and O–H groups in total. The lowest BCUT2D eigenvalue weighted by atomic mass is 10.1. The molecule has 1 aromatic rings. The normalized spacial score (nSPS) is 14.1. The molecule has 1 atom stereocenters. The average molecular weight is 263 g/mol. The predicted molar refractivity (Wildman–Crippen MR) is 65.6 cm³/mol. The van der Waals surface area contributed by atoms with Crippen molar-refractivity contribution < 1.29 is 8.42 Å². The molecule has 1 aromatic carbocycles. The first kappa shape index (κ1) is 13.4. The second kappa shape index (κ2) is 5.14. The highest BCUT2D eigenvalue weighted by Gasteiger charge is 2.17. The van der Waals surface area contributed by atoms with E-state index < -0.39 is 10.2 Å². The van der Waals surface area contributed by atoms with Crippen molar-refractivity contribution in [2.45, 2.75) is 13.0 Å². The summed E-state index contributed by atoms with van der Waals surface area (Å²) in [6, 6.07) is 6.79. The fraction of sp³-hybridized carbons (Fsp3) is 0.400. The largest absolute Gasteiger partial charge is 0.279 e. The van der Waals surface area contributed by atoms with Gasteiger partial charge >= 0.3 is 0 Å². The topological polar surface area (TPSA) is 49.4 Å². The molecule has 0 aliphatic heterocycles. The van der Waals surface area contributed by atoms with Crippen LogP contribution < -0.4 is 4.72 Å². The molecule has 0 amide bonds. The van der Waals surface area contributed by atoms with E-state index in [2.05, 4.69) is 4.72 Å². The van der Waals surface area contributed by atoms with Gasteiger partial charge in [-0.05, 0) is 24.6 Å². The van der Waals surface area contributed by atoms with Crippen LogP contribution in [0.5, 0.6) is 0 Å². The highest BCUT2D eigenvalue weighted by Crippen LogP contribution is 2.18. The summed E-state index contributed by atoms with van der Waals surface area (Å²) in [5.74, 6) is 0. The molecule has 0 heterocycles. The molecule has 1 unspecified atom stereocenters. The smallest absolute Gasteiger partial charge is 0.195 e. The van der Waals surface area contributed by atoms with Crippen LogP contribution in [-0.4, -0.2) is 26.8 Å². The van der Waals surface area contributed by atoms with Gasteiger partial charge < -0.3 is 0 Å². The number of benzene rings is 1. The Labute approximate surface area is 101 Å². The monoisotopic (exact) mass is 262 g/mol. The first-order chi connectivity index (χ1) is 7.33. The Morgan fingerprint density at radius 2 is 2.00 bits per heavy atom. The maximum atomic E-state index is 11.6. The second-order valence-corrected chi connectivity index (χ2v) is 6.03. The number of rotatable bonds is 4. The van der Waals surface area contributed by atoms with Gasteiger partial charge in [-0.25, -0.2) is 0 Å². The second-order valence-electron chi connectivity index (χ2n) is 3.68. The zero-order valence-electron chi connectivity index (χ0n) is 9.44. The third-order valence-electron chi connectivity index (χ3n) is 2.16. The van der Waals surface area contributed by atoms with Crippen LogP contribution in [-0.2, 0) is 10.2 Å². The van der Waals surface area contributed by atoms with E-state index in [1.54, 1.807) is 25.1 Å². The van der Waals surface area contributed by atoms with E-state index in [-0.39, 0.29) is 6.04 Å². The van der Waals surface area contributed by atoms with Crippen LogP contribution in [0.2, 0.25) is 5.02 Å². The van der Waals surface area contributed by atoms with Gasteiger partial charge in [-0.3, -0.25) is 0 Å². The number of nitrogens with zero attached hydrogens (tertiary/aromatic N) is 1. The van der Waals surface area contributed by atoms with Gasteiger partial charge in [-0.2, -0.15) is 17.4 Å². The van der Waals surface area contributed by atoms with Crippen molar-refractivity contribution in [2.75, 3.05) is 14.1 Å². The van der Waals surface area contributed by atoms with Gasteiger partial charge in [-0.1, -0.05) is 23.7 Å². The predicted octanol–water partition coefficient (Wildman–Crippen LogP) is 1.80. The molecule has 90 valence electrons. The first-order valence-corrected chi connectivity index (χ1v) is 6.60. The molecule has 0 saturated carbocycles. The summed E-state index contributed by atoms with van der Waals surface area (Å²) in [4.78, 5) is 0. The highest BCUT2D eigenvalue weighted by atomic mass is 35.5. The van der Waals surface area contributed by atoms with Gasteiger partial charge in [0, 0.05) is 25.2 Å². The fourth-order valence-corrected chi connectivity index (χ4v) is 2.17. The van der Waals surface area contributed by atoms with Gasteiger partial charge in [0.25, 0.3) is 10.2 Å². The molecule has 1 rings (SSSR count). The lowest BCUT2D eigenvalue weighted by Crippen LogP contribution is -2.37. The molecule has 0 aliphatic rings. The zero-order chi connectivity index (χ0) is 12.3. The Hall–Kier alpha value is -0.620. The molecular weight excluding hydrogens is 248 g/mol. The molecule has 0 fully saturated rings. The SMILES string of the molecule is CC(NS(=O)(=O)N(C)C)c1cccc(Cl)c1. The molecule has 6 heteroatoms. The zero-order valence-corrected chi connectivity index (χ0v) is 11.0. The van der Waals surface area contributed by atoms with Gasteiger partial charge in [0.1, 0.15) is 0 Å². The maximum Gasteiger partial charge on any atom is 0.279 e. The van der Waals surface area contributed by atoms with E-state index in [1.165, 1.54) is 14.1 Å². The van der Waals surface area contributed by atoms with Crippen LogP contribution in [0, 0.1) is 0 Å². The van der Waals surface area contributed by atoms with E-state index >= 15 is 0 Å². The molecule has 4 nitrogen and oxygen atoms in total. The van der Waals surface area contributed by atoms with E-state index in [0.717, 1.165) is 9.87 Å². The number of hydrogen-bond donors (Lipinski definition) is 1. The van der Waals surface area contributed by atoms with E-state index in [4.69, 9.17) is 11.6 Å². The van der Waals surface area contributed by atoms with Crippen LogP contribution in [0.25, 0.3) is 0 Å². The minimum absolute atomic E-state index is 0.314. The van der Waals surface area contributed by atoms with Crippen LogP contribution in [0.4, 0.5) is 0 Å². The quantitative estimate of drug-likeness (QED) is 0.900. The third kappa shape index (κ3) is 3.45. The summed E-state index contributed by atoms with van der Waals surface area (Å²) in [5, 5.41) is 0.591. The van der Waals surface area contributed by atoms with E-state index in [0.29, 0.717) is 5.02 Å². The lowest BCUT2D eigenvalue weighted by molar-refractivity contribution is 0.494. The van der Waals surface area contributed by atoms with Crippen LogP contribution in [0.1, 0.15) is 18.5 Å².